The van der Waals surface area contributed by atoms with Crippen LogP contribution in [0.2, 0.25) is 0 Å². The minimum absolute atomic E-state index is 0.0576. The molecular formula is C12H12O2S. The minimum Gasteiger partial charge on any atom is -0.355 e. The average Bonchev–Trinajstić information content (AvgIpc) is 2.29. The van der Waals surface area contributed by atoms with E-state index < -0.39 is 0 Å². The number of ether oxygens (including phenoxy) is 1. The van der Waals surface area contributed by atoms with Crippen molar-refractivity contribution in [3.8, 4) is 0 Å². The van der Waals surface area contributed by atoms with Gasteiger partial charge in [0.2, 0.25) is 0 Å². The number of thioether (sulfide) groups is 1. The summed E-state index contributed by atoms with van der Waals surface area (Å²) in [5.74, 6) is 0.868. The number of hydrogen-bond acceptors (Lipinski definition) is 3. The van der Waals surface area contributed by atoms with E-state index in [9.17, 15) is 4.79 Å². The quantitative estimate of drug-likeness (QED) is 0.782. The SMILES string of the molecule is O=C1C=CCO[C@H]1SCc1ccccc1. The van der Waals surface area contributed by atoms with Crippen LogP contribution in [0.3, 0.4) is 0 Å². The highest BCUT2D eigenvalue weighted by Gasteiger charge is 2.19. The van der Waals surface area contributed by atoms with Crippen molar-refractivity contribution in [3.05, 3.63) is 48.0 Å². The molecule has 0 unspecified atom stereocenters. The lowest BCUT2D eigenvalue weighted by molar-refractivity contribution is -0.121. The second-order valence-electron chi connectivity index (χ2n) is 3.27. The fraction of sp³-hybridized carbons (Fsp3) is 0.250. The Bertz CT molecular complexity index is 359. The standard InChI is InChI=1S/C12H12O2S/c13-11-7-4-8-14-12(11)15-9-10-5-2-1-3-6-10/h1-7,12H,8-9H2/t12-/m0/s1. The van der Waals surface area contributed by atoms with Crippen LogP contribution in [0.5, 0.6) is 0 Å². The van der Waals surface area contributed by atoms with Gasteiger partial charge in [0.05, 0.1) is 6.61 Å². The largest absolute Gasteiger partial charge is 0.355 e. The van der Waals surface area contributed by atoms with Crippen LogP contribution in [0.1, 0.15) is 5.56 Å². The van der Waals surface area contributed by atoms with E-state index in [0.29, 0.717) is 6.61 Å². The number of ketones is 1. The van der Waals surface area contributed by atoms with Gasteiger partial charge in [-0.3, -0.25) is 4.79 Å². The summed E-state index contributed by atoms with van der Waals surface area (Å²) in [4.78, 5) is 11.4. The van der Waals surface area contributed by atoms with Gasteiger partial charge in [-0.2, -0.15) is 0 Å². The summed E-state index contributed by atoms with van der Waals surface area (Å²) >= 11 is 1.54. The lowest BCUT2D eigenvalue weighted by Gasteiger charge is -2.16. The zero-order valence-corrected chi connectivity index (χ0v) is 9.07. The first-order chi connectivity index (χ1) is 7.36. The molecule has 0 aromatic heterocycles. The molecule has 1 aromatic rings. The summed E-state index contributed by atoms with van der Waals surface area (Å²) in [6.45, 7) is 0.540. The molecule has 1 heterocycles. The molecule has 0 saturated carbocycles. The van der Waals surface area contributed by atoms with Crippen LogP contribution < -0.4 is 0 Å². The van der Waals surface area contributed by atoms with Gasteiger partial charge in [0.25, 0.3) is 0 Å². The van der Waals surface area contributed by atoms with Gasteiger partial charge in [0.1, 0.15) is 0 Å². The van der Waals surface area contributed by atoms with E-state index in [2.05, 4.69) is 12.1 Å². The molecule has 0 fully saturated rings. The molecule has 15 heavy (non-hydrogen) atoms. The van der Waals surface area contributed by atoms with Crippen molar-refractivity contribution < 1.29 is 9.53 Å². The topological polar surface area (TPSA) is 26.3 Å². The summed E-state index contributed by atoms with van der Waals surface area (Å²) in [5.41, 5.74) is 0.892. The molecule has 1 aliphatic rings. The van der Waals surface area contributed by atoms with Gasteiger partial charge in [0, 0.05) is 5.75 Å². The van der Waals surface area contributed by atoms with E-state index in [1.165, 1.54) is 17.3 Å². The molecule has 0 radical (unpaired) electrons. The Hall–Kier alpha value is -1.06. The molecule has 2 rings (SSSR count). The Kier molecular flexibility index (Phi) is 3.59. The van der Waals surface area contributed by atoms with Crippen LogP contribution in [-0.4, -0.2) is 17.8 Å². The summed E-state index contributed by atoms with van der Waals surface area (Å²) in [7, 11) is 0. The number of benzene rings is 1. The summed E-state index contributed by atoms with van der Waals surface area (Å²) in [6, 6.07) is 10.1. The second-order valence-corrected chi connectivity index (χ2v) is 4.32. The lowest BCUT2D eigenvalue weighted by atomic mass is 10.2. The maximum Gasteiger partial charge on any atom is 0.194 e. The molecule has 2 nitrogen and oxygen atoms in total. The zero-order valence-electron chi connectivity index (χ0n) is 8.26. The number of hydrogen-bond donors (Lipinski definition) is 0. The van der Waals surface area contributed by atoms with Gasteiger partial charge in [-0.05, 0) is 11.6 Å². The van der Waals surface area contributed by atoms with Gasteiger partial charge in [-0.1, -0.05) is 36.4 Å². The summed E-state index contributed by atoms with van der Waals surface area (Å²) in [5, 5.41) is 0. The molecule has 3 heteroatoms. The molecule has 0 bridgehead atoms. The second kappa shape index (κ2) is 5.14. The van der Waals surface area contributed by atoms with Crippen molar-refractivity contribution in [1.29, 1.82) is 0 Å². The molecule has 0 N–H and O–H groups in total. The molecule has 0 spiro atoms. The first-order valence-electron chi connectivity index (χ1n) is 4.84. The van der Waals surface area contributed by atoms with Crippen LogP contribution in [-0.2, 0) is 15.3 Å². The van der Waals surface area contributed by atoms with E-state index in [-0.39, 0.29) is 11.2 Å². The number of rotatable bonds is 3. The van der Waals surface area contributed by atoms with Crippen LogP contribution in [0, 0.1) is 0 Å². The fourth-order valence-electron chi connectivity index (χ4n) is 1.34. The van der Waals surface area contributed by atoms with Crippen LogP contribution >= 0.6 is 11.8 Å². The third-order valence-electron chi connectivity index (χ3n) is 2.10. The van der Waals surface area contributed by atoms with Crippen LogP contribution in [0.25, 0.3) is 0 Å². The maximum atomic E-state index is 11.4. The Morgan fingerprint density at radius 1 is 1.33 bits per heavy atom. The first-order valence-corrected chi connectivity index (χ1v) is 5.88. The third kappa shape index (κ3) is 2.94. The molecule has 0 amide bonds. The molecule has 0 saturated heterocycles. The number of carbonyl (C=O) groups is 1. The van der Waals surface area contributed by atoms with Gasteiger partial charge in [-0.15, -0.1) is 11.8 Å². The zero-order chi connectivity index (χ0) is 10.5. The predicted molar refractivity (Wildman–Crippen MR) is 61.6 cm³/mol. The van der Waals surface area contributed by atoms with Gasteiger partial charge in [0.15, 0.2) is 11.2 Å². The van der Waals surface area contributed by atoms with E-state index in [1.54, 1.807) is 12.2 Å². The maximum absolute atomic E-state index is 11.4. The highest BCUT2D eigenvalue weighted by atomic mass is 32.2. The van der Waals surface area contributed by atoms with E-state index in [0.717, 1.165) is 5.75 Å². The minimum atomic E-state index is -0.324. The van der Waals surface area contributed by atoms with Crippen molar-refractivity contribution >= 4 is 17.5 Å². The third-order valence-corrected chi connectivity index (χ3v) is 3.27. The first kappa shape index (κ1) is 10.5. The molecule has 1 aliphatic heterocycles. The van der Waals surface area contributed by atoms with Crippen molar-refractivity contribution in [3.63, 3.8) is 0 Å². The van der Waals surface area contributed by atoms with Gasteiger partial charge >= 0.3 is 0 Å². The molecule has 1 aromatic carbocycles. The Labute approximate surface area is 93.3 Å². The highest BCUT2D eigenvalue weighted by Crippen LogP contribution is 2.21. The fourth-order valence-corrected chi connectivity index (χ4v) is 2.30. The monoisotopic (exact) mass is 220 g/mol. The molecule has 1 atom stereocenters. The predicted octanol–water partition coefficient (Wildman–Crippen LogP) is 2.40. The van der Waals surface area contributed by atoms with Crippen LogP contribution in [0.15, 0.2) is 42.5 Å². The van der Waals surface area contributed by atoms with E-state index >= 15 is 0 Å². The number of carbonyl (C=O) groups excluding carboxylic acids is 1. The van der Waals surface area contributed by atoms with E-state index in [1.807, 2.05) is 18.2 Å². The van der Waals surface area contributed by atoms with Crippen molar-refractivity contribution in [2.75, 3.05) is 6.61 Å². The normalized spacial score (nSPS) is 20.5. The highest BCUT2D eigenvalue weighted by molar-refractivity contribution is 7.99. The van der Waals surface area contributed by atoms with Crippen LogP contribution in [0.4, 0.5) is 0 Å². The van der Waals surface area contributed by atoms with Crippen molar-refractivity contribution in [1.82, 2.24) is 0 Å². The van der Waals surface area contributed by atoms with Crippen molar-refractivity contribution in [2.45, 2.75) is 11.2 Å². The summed E-state index contributed by atoms with van der Waals surface area (Å²) in [6.07, 6.45) is 3.36. The van der Waals surface area contributed by atoms with E-state index in [4.69, 9.17) is 4.74 Å². The van der Waals surface area contributed by atoms with Gasteiger partial charge in [-0.25, -0.2) is 0 Å². The van der Waals surface area contributed by atoms with Crippen molar-refractivity contribution in [2.24, 2.45) is 0 Å². The average molecular weight is 220 g/mol. The summed E-state index contributed by atoms with van der Waals surface area (Å²) < 4.78 is 5.34. The molecular weight excluding hydrogens is 208 g/mol. The smallest absolute Gasteiger partial charge is 0.194 e. The molecule has 78 valence electrons. The molecule has 0 aliphatic carbocycles. The van der Waals surface area contributed by atoms with Gasteiger partial charge < -0.3 is 4.74 Å². The Morgan fingerprint density at radius 2 is 2.13 bits per heavy atom. The Morgan fingerprint density at radius 3 is 2.87 bits per heavy atom. The Balaban J connectivity index is 1.88. The lowest BCUT2D eigenvalue weighted by Crippen LogP contribution is -2.22.